The number of nitrogens with zero attached hydrogens (tertiary/aromatic N) is 5. The van der Waals surface area contributed by atoms with Crippen molar-refractivity contribution < 1.29 is 14.1 Å². The van der Waals surface area contributed by atoms with Crippen LogP contribution in [0.3, 0.4) is 0 Å². The van der Waals surface area contributed by atoms with Gasteiger partial charge < -0.3 is 19.6 Å². The molecule has 0 spiro atoms. The molecule has 0 bridgehead atoms. The van der Waals surface area contributed by atoms with Crippen LogP contribution in [0, 0.1) is 6.92 Å². The van der Waals surface area contributed by atoms with Crippen LogP contribution < -0.4 is 10.2 Å². The third kappa shape index (κ3) is 4.86. The Kier molecular flexibility index (Phi) is 6.33. The number of amides is 2. The monoisotopic (exact) mass is 416 g/mol. The summed E-state index contributed by atoms with van der Waals surface area (Å²) < 4.78 is 5.61. The van der Waals surface area contributed by atoms with Crippen LogP contribution in [0.15, 0.2) is 14.9 Å². The Morgan fingerprint density at radius 1 is 1.35 bits per heavy atom. The molecule has 0 aliphatic carbocycles. The normalized spacial score (nSPS) is 14.5. The SMILES string of the molecule is Cc1cc(NC(=O)CSc2nnc(N3CCN(C(=O)CCl)CC3)s2)no1. The number of anilines is 2. The fourth-order valence-electron chi connectivity index (χ4n) is 2.35. The second kappa shape index (κ2) is 8.69. The van der Waals surface area contributed by atoms with Crippen LogP contribution in [-0.2, 0) is 9.59 Å². The fourth-order valence-corrected chi connectivity index (χ4v) is 4.21. The molecule has 3 heterocycles. The lowest BCUT2D eigenvalue weighted by molar-refractivity contribution is -0.128. The maximum atomic E-state index is 11.9. The summed E-state index contributed by atoms with van der Waals surface area (Å²) in [5.74, 6) is 1.01. The van der Waals surface area contributed by atoms with E-state index >= 15 is 0 Å². The van der Waals surface area contributed by atoms with Crippen molar-refractivity contribution in [2.75, 3.05) is 48.0 Å². The van der Waals surface area contributed by atoms with Gasteiger partial charge in [0.25, 0.3) is 0 Å². The largest absolute Gasteiger partial charge is 0.360 e. The molecule has 1 aliphatic heterocycles. The zero-order chi connectivity index (χ0) is 18.5. The third-order valence-electron chi connectivity index (χ3n) is 3.64. The number of hydrogen-bond donors (Lipinski definition) is 1. The quantitative estimate of drug-likeness (QED) is 0.557. The van der Waals surface area contributed by atoms with Gasteiger partial charge >= 0.3 is 0 Å². The molecule has 3 rings (SSSR count). The molecular weight excluding hydrogens is 400 g/mol. The van der Waals surface area contributed by atoms with Crippen molar-refractivity contribution in [3.63, 3.8) is 0 Å². The number of nitrogens with one attached hydrogen (secondary N) is 1. The van der Waals surface area contributed by atoms with E-state index in [4.69, 9.17) is 16.1 Å². The Morgan fingerprint density at radius 2 is 2.12 bits per heavy atom. The Hall–Kier alpha value is -1.85. The summed E-state index contributed by atoms with van der Waals surface area (Å²) in [6.45, 7) is 4.37. The highest BCUT2D eigenvalue weighted by atomic mass is 35.5. The van der Waals surface area contributed by atoms with Crippen LogP contribution in [0.2, 0.25) is 0 Å². The smallest absolute Gasteiger partial charge is 0.237 e. The number of thioether (sulfide) groups is 1. The molecular formula is C14H17ClN6O3S2. The number of carbonyl (C=O) groups is 2. The summed E-state index contributed by atoms with van der Waals surface area (Å²) in [5, 5.41) is 15.5. The summed E-state index contributed by atoms with van der Waals surface area (Å²) in [5.41, 5.74) is 0. The number of halogens is 1. The number of hydrogen-bond acceptors (Lipinski definition) is 9. The number of carbonyl (C=O) groups excluding carboxylic acids is 2. The van der Waals surface area contributed by atoms with E-state index in [0.717, 1.165) is 5.13 Å². The average molecular weight is 417 g/mol. The highest BCUT2D eigenvalue weighted by Gasteiger charge is 2.23. The molecule has 1 aliphatic rings. The van der Waals surface area contributed by atoms with Crippen LogP contribution in [0.25, 0.3) is 0 Å². The van der Waals surface area contributed by atoms with Crippen LogP contribution in [0.5, 0.6) is 0 Å². The van der Waals surface area contributed by atoms with E-state index in [-0.39, 0.29) is 23.4 Å². The number of piperazine rings is 1. The Balaban J connectivity index is 1.46. The van der Waals surface area contributed by atoms with Crippen LogP contribution in [0.1, 0.15) is 5.76 Å². The first-order valence-electron chi connectivity index (χ1n) is 7.83. The Labute approximate surface area is 163 Å². The van der Waals surface area contributed by atoms with Crippen molar-refractivity contribution in [2.45, 2.75) is 11.3 Å². The summed E-state index contributed by atoms with van der Waals surface area (Å²) >= 11 is 8.33. The zero-order valence-corrected chi connectivity index (χ0v) is 16.4. The summed E-state index contributed by atoms with van der Waals surface area (Å²) in [6.07, 6.45) is 0. The predicted molar refractivity (Wildman–Crippen MR) is 100 cm³/mol. The van der Waals surface area contributed by atoms with E-state index in [1.54, 1.807) is 17.9 Å². The second-order valence-corrected chi connectivity index (χ2v) is 7.96. The van der Waals surface area contributed by atoms with Crippen molar-refractivity contribution in [1.82, 2.24) is 20.3 Å². The number of alkyl halides is 1. The van der Waals surface area contributed by atoms with Gasteiger partial charge in [0.1, 0.15) is 11.6 Å². The van der Waals surface area contributed by atoms with Crippen molar-refractivity contribution in [2.24, 2.45) is 0 Å². The Morgan fingerprint density at radius 3 is 2.77 bits per heavy atom. The lowest BCUT2D eigenvalue weighted by Crippen LogP contribution is -2.49. The fraction of sp³-hybridized carbons (Fsp3) is 0.500. The summed E-state index contributed by atoms with van der Waals surface area (Å²) in [6, 6.07) is 1.65. The van der Waals surface area contributed by atoms with E-state index in [2.05, 4.69) is 25.6 Å². The van der Waals surface area contributed by atoms with Crippen LogP contribution >= 0.6 is 34.7 Å². The van der Waals surface area contributed by atoms with Gasteiger partial charge in [-0.25, -0.2) is 0 Å². The molecule has 1 fully saturated rings. The minimum Gasteiger partial charge on any atom is -0.360 e. The van der Waals surface area contributed by atoms with E-state index in [0.29, 0.717) is 42.1 Å². The van der Waals surface area contributed by atoms with Crippen molar-refractivity contribution in [3.8, 4) is 0 Å². The number of rotatable bonds is 6. The van der Waals surface area contributed by atoms with E-state index < -0.39 is 0 Å². The first kappa shape index (κ1) is 18.9. The summed E-state index contributed by atoms with van der Waals surface area (Å²) in [4.78, 5) is 27.3. The van der Waals surface area contributed by atoms with E-state index in [1.807, 2.05) is 0 Å². The molecule has 0 unspecified atom stereocenters. The molecule has 2 aromatic heterocycles. The highest BCUT2D eigenvalue weighted by molar-refractivity contribution is 8.01. The molecule has 12 heteroatoms. The number of aromatic nitrogens is 3. The zero-order valence-electron chi connectivity index (χ0n) is 14.0. The molecule has 0 radical (unpaired) electrons. The number of aryl methyl sites for hydroxylation is 1. The highest BCUT2D eigenvalue weighted by Crippen LogP contribution is 2.28. The maximum absolute atomic E-state index is 11.9. The summed E-state index contributed by atoms with van der Waals surface area (Å²) in [7, 11) is 0. The molecule has 2 aromatic rings. The van der Waals surface area contributed by atoms with Crippen molar-refractivity contribution >= 4 is 57.5 Å². The lowest BCUT2D eigenvalue weighted by atomic mass is 10.3. The average Bonchev–Trinajstić information content (AvgIpc) is 3.28. The molecule has 0 atom stereocenters. The molecule has 0 aromatic carbocycles. The molecule has 1 N–H and O–H groups in total. The molecule has 1 saturated heterocycles. The van der Waals surface area contributed by atoms with Gasteiger partial charge in [-0.05, 0) is 6.92 Å². The first-order valence-corrected chi connectivity index (χ1v) is 10.2. The van der Waals surface area contributed by atoms with Gasteiger partial charge in [0.2, 0.25) is 16.9 Å². The minimum absolute atomic E-state index is 0.00949. The molecule has 26 heavy (non-hydrogen) atoms. The second-order valence-electron chi connectivity index (χ2n) is 5.51. The van der Waals surface area contributed by atoms with Gasteiger partial charge in [0, 0.05) is 32.2 Å². The standard InChI is InChI=1S/C14H17ClN6O3S2/c1-9-6-10(19-24-9)16-11(22)8-25-14-18-17-13(26-14)21-4-2-20(3-5-21)12(23)7-15/h6H,2-5,7-8H2,1H3,(H,16,19,22). The van der Waals surface area contributed by atoms with Gasteiger partial charge in [-0.2, -0.15) is 0 Å². The van der Waals surface area contributed by atoms with Gasteiger partial charge in [0.05, 0.1) is 5.75 Å². The molecule has 140 valence electrons. The van der Waals surface area contributed by atoms with Crippen LogP contribution in [-0.4, -0.2) is 69.9 Å². The maximum Gasteiger partial charge on any atom is 0.237 e. The van der Waals surface area contributed by atoms with Gasteiger partial charge in [0.15, 0.2) is 10.2 Å². The minimum atomic E-state index is -0.187. The van der Waals surface area contributed by atoms with E-state index in [1.165, 1.54) is 23.1 Å². The van der Waals surface area contributed by atoms with Gasteiger partial charge in [-0.15, -0.1) is 21.8 Å². The van der Waals surface area contributed by atoms with Gasteiger partial charge in [-0.1, -0.05) is 28.3 Å². The first-order chi connectivity index (χ1) is 12.5. The lowest BCUT2D eigenvalue weighted by Gasteiger charge is -2.33. The van der Waals surface area contributed by atoms with E-state index in [9.17, 15) is 9.59 Å². The predicted octanol–water partition coefficient (Wildman–Crippen LogP) is 1.45. The molecule has 2 amide bonds. The Bertz CT molecular complexity index is 774. The van der Waals surface area contributed by atoms with Crippen molar-refractivity contribution in [3.05, 3.63) is 11.8 Å². The molecule has 9 nitrogen and oxygen atoms in total. The van der Waals surface area contributed by atoms with Crippen molar-refractivity contribution in [1.29, 1.82) is 0 Å². The third-order valence-corrected chi connectivity index (χ3v) is 5.98. The molecule has 0 saturated carbocycles. The van der Waals surface area contributed by atoms with Gasteiger partial charge in [-0.3, -0.25) is 9.59 Å². The van der Waals surface area contributed by atoms with Crippen LogP contribution in [0.4, 0.5) is 10.9 Å². The topological polar surface area (TPSA) is 104 Å².